The molecule has 0 spiro atoms. The molecule has 1 aliphatic rings. The van der Waals surface area contributed by atoms with E-state index in [1.165, 1.54) is 11.3 Å². The second-order valence-corrected chi connectivity index (χ2v) is 8.12. The van der Waals surface area contributed by atoms with Gasteiger partial charge in [0.25, 0.3) is 5.91 Å². The summed E-state index contributed by atoms with van der Waals surface area (Å²) in [5, 5.41) is 6.17. The maximum Gasteiger partial charge on any atom is 0.270 e. The number of carbonyl (C=O) groups excluding carboxylic acids is 1. The number of halogens is 1. The van der Waals surface area contributed by atoms with Gasteiger partial charge in [-0.3, -0.25) is 4.79 Å². The minimum absolute atomic E-state index is 0.117. The molecule has 1 aliphatic heterocycles. The molecule has 0 saturated carbocycles. The topological polar surface area (TPSA) is 60.5 Å². The van der Waals surface area contributed by atoms with Crippen LogP contribution < -0.4 is 10.1 Å². The lowest BCUT2D eigenvalue weighted by molar-refractivity contribution is 0.0854. The molecule has 1 aromatic heterocycles. The Kier molecular flexibility index (Phi) is 6.44. The van der Waals surface area contributed by atoms with E-state index < -0.39 is 0 Å². The van der Waals surface area contributed by atoms with E-state index in [0.717, 1.165) is 41.3 Å². The zero-order valence-electron chi connectivity index (χ0n) is 15.8. The fourth-order valence-corrected chi connectivity index (χ4v) is 4.00. The van der Waals surface area contributed by atoms with Crippen LogP contribution in [-0.2, 0) is 11.3 Å². The molecule has 150 valence electrons. The van der Waals surface area contributed by atoms with Gasteiger partial charge in [0.2, 0.25) is 0 Å². The van der Waals surface area contributed by atoms with Crippen LogP contribution >= 0.6 is 22.9 Å². The van der Waals surface area contributed by atoms with E-state index in [0.29, 0.717) is 23.9 Å². The number of benzene rings is 2. The molecule has 5 nitrogen and oxygen atoms in total. The zero-order chi connectivity index (χ0) is 20.1. The number of aromatic nitrogens is 1. The summed E-state index contributed by atoms with van der Waals surface area (Å²) in [6, 6.07) is 15.3. The van der Waals surface area contributed by atoms with Crippen LogP contribution in [0.5, 0.6) is 5.75 Å². The van der Waals surface area contributed by atoms with E-state index in [4.69, 9.17) is 21.1 Å². The number of nitrogens with one attached hydrogen (secondary N) is 1. The Morgan fingerprint density at radius 3 is 2.93 bits per heavy atom. The predicted molar refractivity (Wildman–Crippen MR) is 115 cm³/mol. The minimum atomic E-state index is -0.168. The van der Waals surface area contributed by atoms with Crippen molar-refractivity contribution in [3.8, 4) is 16.3 Å². The quantitative estimate of drug-likeness (QED) is 0.578. The number of carbonyl (C=O) groups is 1. The highest BCUT2D eigenvalue weighted by Crippen LogP contribution is 2.27. The second kappa shape index (κ2) is 9.39. The lowest BCUT2D eigenvalue weighted by Gasteiger charge is -2.09. The van der Waals surface area contributed by atoms with Gasteiger partial charge in [0, 0.05) is 29.1 Å². The molecule has 0 bridgehead atoms. The highest BCUT2D eigenvalue weighted by Gasteiger charge is 2.18. The summed E-state index contributed by atoms with van der Waals surface area (Å²) in [6.07, 6.45) is 2.16. The Hall–Kier alpha value is -2.41. The second-order valence-electron chi connectivity index (χ2n) is 6.83. The smallest absolute Gasteiger partial charge is 0.270 e. The first-order chi connectivity index (χ1) is 14.2. The van der Waals surface area contributed by atoms with Crippen LogP contribution in [0.25, 0.3) is 10.6 Å². The first-order valence-electron chi connectivity index (χ1n) is 9.50. The van der Waals surface area contributed by atoms with E-state index in [1.807, 2.05) is 48.5 Å². The summed E-state index contributed by atoms with van der Waals surface area (Å²) in [4.78, 5) is 16.8. The number of rotatable bonds is 7. The van der Waals surface area contributed by atoms with Crippen LogP contribution in [0, 0.1) is 0 Å². The van der Waals surface area contributed by atoms with Crippen molar-refractivity contribution >= 4 is 28.8 Å². The molecule has 2 aromatic carbocycles. The molecule has 1 N–H and O–H groups in total. The van der Waals surface area contributed by atoms with Crippen LogP contribution in [0.1, 0.15) is 28.9 Å². The van der Waals surface area contributed by atoms with Crippen molar-refractivity contribution in [3.63, 3.8) is 0 Å². The summed E-state index contributed by atoms with van der Waals surface area (Å²) in [5.74, 6) is 0.579. The SMILES string of the molecule is O=C(NCC1CCCO1)c1csc(-c2cccc(OCc3ccc(Cl)cc3)c2)n1. The van der Waals surface area contributed by atoms with Crippen molar-refractivity contribution in [2.45, 2.75) is 25.6 Å². The predicted octanol–water partition coefficient (Wildman–Crippen LogP) is 4.95. The lowest BCUT2D eigenvalue weighted by Crippen LogP contribution is -2.31. The van der Waals surface area contributed by atoms with E-state index in [2.05, 4.69) is 10.3 Å². The molecule has 2 heterocycles. The largest absolute Gasteiger partial charge is 0.489 e. The van der Waals surface area contributed by atoms with Crippen molar-refractivity contribution in [3.05, 3.63) is 70.2 Å². The lowest BCUT2D eigenvalue weighted by atomic mass is 10.2. The average molecular weight is 429 g/mol. The van der Waals surface area contributed by atoms with Gasteiger partial charge in [-0.2, -0.15) is 0 Å². The van der Waals surface area contributed by atoms with Crippen molar-refractivity contribution in [1.82, 2.24) is 10.3 Å². The number of amides is 1. The molecule has 3 aromatic rings. The van der Waals surface area contributed by atoms with Gasteiger partial charge >= 0.3 is 0 Å². The molecule has 1 unspecified atom stereocenters. The Balaban J connectivity index is 1.37. The Bertz CT molecular complexity index is 968. The highest BCUT2D eigenvalue weighted by atomic mass is 35.5. The van der Waals surface area contributed by atoms with E-state index in [9.17, 15) is 4.79 Å². The van der Waals surface area contributed by atoms with Crippen LogP contribution in [-0.4, -0.2) is 30.1 Å². The van der Waals surface area contributed by atoms with Gasteiger partial charge in [0.05, 0.1) is 6.10 Å². The van der Waals surface area contributed by atoms with Crippen molar-refractivity contribution in [2.24, 2.45) is 0 Å². The standard InChI is InChI=1S/C22H21ClN2O3S/c23-17-8-6-15(7-9-17)13-28-18-4-1-3-16(11-18)22-25-20(14-29-22)21(26)24-12-19-5-2-10-27-19/h1,3-4,6-9,11,14,19H,2,5,10,12-13H2,(H,24,26). The summed E-state index contributed by atoms with van der Waals surface area (Å²) in [7, 11) is 0. The molecule has 1 saturated heterocycles. The molecule has 7 heteroatoms. The average Bonchev–Trinajstić information content (AvgIpc) is 3.44. The third-order valence-electron chi connectivity index (χ3n) is 4.65. The number of nitrogens with zero attached hydrogens (tertiary/aromatic N) is 1. The molecule has 1 amide bonds. The van der Waals surface area contributed by atoms with Crippen LogP contribution in [0.2, 0.25) is 5.02 Å². The normalized spacial score (nSPS) is 16.0. The number of ether oxygens (including phenoxy) is 2. The van der Waals surface area contributed by atoms with E-state index in [1.54, 1.807) is 5.38 Å². The molecular formula is C22H21ClN2O3S. The Labute approximate surface area is 178 Å². The molecule has 0 aliphatic carbocycles. The summed E-state index contributed by atoms with van der Waals surface area (Å²) in [6.45, 7) is 1.76. The van der Waals surface area contributed by atoms with Gasteiger partial charge in [0.1, 0.15) is 23.1 Å². The van der Waals surface area contributed by atoms with Crippen molar-refractivity contribution < 1.29 is 14.3 Å². The van der Waals surface area contributed by atoms with Gasteiger partial charge in [-0.25, -0.2) is 4.98 Å². The van der Waals surface area contributed by atoms with Crippen LogP contribution in [0.4, 0.5) is 0 Å². The first-order valence-corrected chi connectivity index (χ1v) is 10.8. The highest BCUT2D eigenvalue weighted by molar-refractivity contribution is 7.13. The molecular weight excluding hydrogens is 408 g/mol. The number of thiazole rings is 1. The summed E-state index contributed by atoms with van der Waals surface area (Å²) >= 11 is 7.35. The number of hydrogen-bond donors (Lipinski definition) is 1. The van der Waals surface area contributed by atoms with Gasteiger partial charge in [0.15, 0.2) is 0 Å². The first kappa shape index (κ1) is 19.9. The number of hydrogen-bond acceptors (Lipinski definition) is 5. The van der Waals surface area contributed by atoms with Gasteiger partial charge in [-0.15, -0.1) is 11.3 Å². The monoisotopic (exact) mass is 428 g/mol. The Morgan fingerprint density at radius 1 is 1.28 bits per heavy atom. The molecule has 1 atom stereocenters. The van der Waals surface area contributed by atoms with Crippen molar-refractivity contribution in [1.29, 1.82) is 0 Å². The molecule has 1 fully saturated rings. The van der Waals surface area contributed by atoms with Crippen molar-refractivity contribution in [2.75, 3.05) is 13.2 Å². The zero-order valence-corrected chi connectivity index (χ0v) is 17.3. The maximum absolute atomic E-state index is 12.3. The Morgan fingerprint density at radius 2 is 2.14 bits per heavy atom. The fourth-order valence-electron chi connectivity index (χ4n) is 3.08. The summed E-state index contributed by atoms with van der Waals surface area (Å²) < 4.78 is 11.4. The van der Waals surface area contributed by atoms with Gasteiger partial charge in [-0.1, -0.05) is 35.9 Å². The fraction of sp³-hybridized carbons (Fsp3) is 0.273. The molecule has 29 heavy (non-hydrogen) atoms. The summed E-state index contributed by atoms with van der Waals surface area (Å²) in [5.41, 5.74) is 2.39. The van der Waals surface area contributed by atoms with Gasteiger partial charge < -0.3 is 14.8 Å². The van der Waals surface area contributed by atoms with E-state index >= 15 is 0 Å². The third kappa shape index (κ3) is 5.35. The maximum atomic E-state index is 12.3. The third-order valence-corrected chi connectivity index (χ3v) is 5.79. The van der Waals surface area contributed by atoms with Crippen LogP contribution in [0.15, 0.2) is 53.9 Å². The van der Waals surface area contributed by atoms with Gasteiger partial charge in [-0.05, 0) is 42.7 Å². The minimum Gasteiger partial charge on any atom is -0.489 e. The molecule has 4 rings (SSSR count). The molecule has 0 radical (unpaired) electrons. The van der Waals surface area contributed by atoms with E-state index in [-0.39, 0.29) is 12.0 Å². The van der Waals surface area contributed by atoms with Crippen LogP contribution in [0.3, 0.4) is 0 Å².